The first-order valence-electron chi connectivity index (χ1n) is 6.33. The monoisotopic (exact) mass is 227 g/mol. The molecular formula is C12H21NOS. The fourth-order valence-electron chi connectivity index (χ4n) is 2.78. The maximum absolute atomic E-state index is 5.95. The van der Waals surface area contributed by atoms with Crippen molar-refractivity contribution in [2.45, 2.75) is 43.0 Å². The van der Waals surface area contributed by atoms with Crippen molar-refractivity contribution in [2.24, 2.45) is 5.92 Å². The van der Waals surface area contributed by atoms with Crippen molar-refractivity contribution in [3.63, 3.8) is 0 Å². The van der Waals surface area contributed by atoms with Crippen molar-refractivity contribution in [3.05, 3.63) is 0 Å². The fourth-order valence-corrected chi connectivity index (χ4v) is 4.25. The Balaban J connectivity index is 1.44. The molecule has 0 aromatic carbocycles. The SMILES string of the molecule is C1CC2(C1)CC(SCC1CNC1)CCO2. The molecule has 2 heterocycles. The number of nitrogens with one attached hydrogen (secondary N) is 1. The number of hydrogen-bond donors (Lipinski definition) is 1. The number of hydrogen-bond acceptors (Lipinski definition) is 3. The second-order valence-corrected chi connectivity index (χ2v) is 6.69. The van der Waals surface area contributed by atoms with Crippen LogP contribution in [0.2, 0.25) is 0 Å². The summed E-state index contributed by atoms with van der Waals surface area (Å²) in [6.07, 6.45) is 6.67. The molecule has 1 N–H and O–H groups in total. The maximum atomic E-state index is 5.95. The summed E-state index contributed by atoms with van der Waals surface area (Å²) in [5.41, 5.74) is 0.341. The molecule has 2 saturated heterocycles. The molecule has 1 atom stereocenters. The molecule has 1 aliphatic carbocycles. The van der Waals surface area contributed by atoms with Crippen LogP contribution in [0, 0.1) is 5.92 Å². The van der Waals surface area contributed by atoms with E-state index >= 15 is 0 Å². The number of rotatable bonds is 3. The Morgan fingerprint density at radius 2 is 2.20 bits per heavy atom. The van der Waals surface area contributed by atoms with Gasteiger partial charge in [0.25, 0.3) is 0 Å². The van der Waals surface area contributed by atoms with Crippen LogP contribution in [-0.2, 0) is 4.74 Å². The minimum absolute atomic E-state index is 0.341. The second kappa shape index (κ2) is 4.27. The predicted molar refractivity (Wildman–Crippen MR) is 64.4 cm³/mol. The van der Waals surface area contributed by atoms with E-state index in [1.165, 1.54) is 50.9 Å². The summed E-state index contributed by atoms with van der Waals surface area (Å²) in [6.45, 7) is 3.52. The molecule has 1 saturated carbocycles. The zero-order valence-electron chi connectivity index (χ0n) is 9.34. The van der Waals surface area contributed by atoms with Gasteiger partial charge in [0.1, 0.15) is 0 Å². The van der Waals surface area contributed by atoms with E-state index in [-0.39, 0.29) is 0 Å². The van der Waals surface area contributed by atoms with Crippen LogP contribution < -0.4 is 5.32 Å². The third kappa shape index (κ3) is 2.20. The van der Waals surface area contributed by atoms with Gasteiger partial charge in [-0.25, -0.2) is 0 Å². The summed E-state index contributed by atoms with van der Waals surface area (Å²) in [6, 6.07) is 0. The molecule has 3 heteroatoms. The Bertz CT molecular complexity index is 226. The largest absolute Gasteiger partial charge is 0.375 e. The van der Waals surface area contributed by atoms with Crippen molar-refractivity contribution in [1.82, 2.24) is 5.32 Å². The zero-order valence-corrected chi connectivity index (χ0v) is 10.2. The lowest BCUT2D eigenvalue weighted by molar-refractivity contribution is -0.125. The minimum Gasteiger partial charge on any atom is -0.375 e. The molecule has 15 heavy (non-hydrogen) atoms. The van der Waals surface area contributed by atoms with Gasteiger partial charge < -0.3 is 10.1 Å². The first-order valence-corrected chi connectivity index (χ1v) is 7.37. The second-order valence-electron chi connectivity index (χ2n) is 5.36. The summed E-state index contributed by atoms with van der Waals surface area (Å²) in [5, 5.41) is 4.24. The molecule has 3 rings (SSSR count). The number of ether oxygens (including phenoxy) is 1. The quantitative estimate of drug-likeness (QED) is 0.797. The highest BCUT2D eigenvalue weighted by atomic mass is 32.2. The lowest BCUT2D eigenvalue weighted by atomic mass is 9.75. The van der Waals surface area contributed by atoms with Crippen LogP contribution in [0.5, 0.6) is 0 Å². The molecule has 1 spiro atoms. The molecule has 1 unspecified atom stereocenters. The van der Waals surface area contributed by atoms with Crippen LogP contribution in [0.15, 0.2) is 0 Å². The molecular weight excluding hydrogens is 206 g/mol. The molecule has 0 bridgehead atoms. The summed E-state index contributed by atoms with van der Waals surface area (Å²) in [7, 11) is 0. The smallest absolute Gasteiger partial charge is 0.0693 e. The highest BCUT2D eigenvalue weighted by Crippen LogP contribution is 2.45. The van der Waals surface area contributed by atoms with Crippen LogP contribution in [0.3, 0.4) is 0 Å². The number of thioether (sulfide) groups is 1. The van der Waals surface area contributed by atoms with Crippen molar-refractivity contribution < 1.29 is 4.74 Å². The van der Waals surface area contributed by atoms with E-state index in [0.29, 0.717) is 5.60 Å². The summed E-state index contributed by atoms with van der Waals surface area (Å²) in [4.78, 5) is 0. The van der Waals surface area contributed by atoms with Crippen LogP contribution in [-0.4, -0.2) is 36.3 Å². The van der Waals surface area contributed by atoms with E-state index < -0.39 is 0 Å². The Labute approximate surface area is 96.5 Å². The third-order valence-corrected chi connectivity index (χ3v) is 5.68. The van der Waals surface area contributed by atoms with Crippen LogP contribution in [0.25, 0.3) is 0 Å². The van der Waals surface area contributed by atoms with Crippen molar-refractivity contribution in [1.29, 1.82) is 0 Å². The molecule has 0 aromatic heterocycles. The zero-order chi connectivity index (χ0) is 10.1. The van der Waals surface area contributed by atoms with E-state index in [9.17, 15) is 0 Å². The van der Waals surface area contributed by atoms with Gasteiger partial charge in [0.15, 0.2) is 0 Å². The van der Waals surface area contributed by atoms with Crippen molar-refractivity contribution >= 4 is 11.8 Å². The van der Waals surface area contributed by atoms with Gasteiger partial charge in [0.2, 0.25) is 0 Å². The average Bonchev–Trinajstić information content (AvgIpc) is 2.13. The van der Waals surface area contributed by atoms with Gasteiger partial charge in [-0.15, -0.1) is 0 Å². The molecule has 2 aliphatic heterocycles. The molecule has 2 nitrogen and oxygen atoms in total. The van der Waals surface area contributed by atoms with E-state index in [4.69, 9.17) is 4.74 Å². The van der Waals surface area contributed by atoms with Gasteiger partial charge in [-0.3, -0.25) is 0 Å². The van der Waals surface area contributed by atoms with Gasteiger partial charge in [-0.05, 0) is 56.9 Å². The van der Waals surface area contributed by atoms with E-state index in [1.807, 2.05) is 0 Å². The Morgan fingerprint density at radius 1 is 1.33 bits per heavy atom. The van der Waals surface area contributed by atoms with E-state index in [2.05, 4.69) is 17.1 Å². The normalized spacial score (nSPS) is 34.8. The maximum Gasteiger partial charge on any atom is 0.0693 e. The molecule has 3 fully saturated rings. The standard InChI is InChI=1S/C12H21NOS/c1-3-12(4-1)6-11(2-5-14-12)15-9-10-7-13-8-10/h10-11,13H,1-9H2. The highest BCUT2D eigenvalue weighted by molar-refractivity contribution is 7.99. The average molecular weight is 227 g/mol. The fraction of sp³-hybridized carbons (Fsp3) is 1.00. The Kier molecular flexibility index (Phi) is 2.97. The lowest BCUT2D eigenvalue weighted by Crippen LogP contribution is -2.47. The van der Waals surface area contributed by atoms with E-state index in [1.54, 1.807) is 0 Å². The van der Waals surface area contributed by atoms with Gasteiger partial charge in [-0.1, -0.05) is 0 Å². The summed E-state index contributed by atoms with van der Waals surface area (Å²) in [5.74, 6) is 2.32. The van der Waals surface area contributed by atoms with Gasteiger partial charge in [0, 0.05) is 11.9 Å². The Morgan fingerprint density at radius 3 is 2.80 bits per heavy atom. The summed E-state index contributed by atoms with van der Waals surface area (Å²) >= 11 is 2.21. The lowest BCUT2D eigenvalue weighted by Gasteiger charge is -2.47. The molecule has 0 radical (unpaired) electrons. The molecule has 86 valence electrons. The molecule has 0 amide bonds. The van der Waals surface area contributed by atoms with Crippen LogP contribution >= 0.6 is 11.8 Å². The Hall–Kier alpha value is 0.270. The van der Waals surface area contributed by atoms with E-state index in [0.717, 1.165) is 17.8 Å². The summed E-state index contributed by atoms with van der Waals surface area (Å²) < 4.78 is 5.95. The molecule has 3 aliphatic rings. The predicted octanol–water partition coefficient (Wildman–Crippen LogP) is 2.04. The van der Waals surface area contributed by atoms with Gasteiger partial charge >= 0.3 is 0 Å². The first-order chi connectivity index (χ1) is 7.36. The first kappa shape index (κ1) is 10.4. The third-order valence-electron chi connectivity index (χ3n) is 4.15. The topological polar surface area (TPSA) is 21.3 Å². The minimum atomic E-state index is 0.341. The molecule has 0 aromatic rings. The highest BCUT2D eigenvalue weighted by Gasteiger charge is 2.42. The van der Waals surface area contributed by atoms with Crippen molar-refractivity contribution in [3.8, 4) is 0 Å². The van der Waals surface area contributed by atoms with Crippen LogP contribution in [0.4, 0.5) is 0 Å². The van der Waals surface area contributed by atoms with Crippen molar-refractivity contribution in [2.75, 3.05) is 25.4 Å². The van der Waals surface area contributed by atoms with Crippen LogP contribution in [0.1, 0.15) is 32.1 Å². The van der Waals surface area contributed by atoms with Gasteiger partial charge in [-0.2, -0.15) is 11.8 Å². The van der Waals surface area contributed by atoms with Gasteiger partial charge in [0.05, 0.1) is 5.60 Å².